The molecule has 0 aliphatic carbocycles. The van der Waals surface area contributed by atoms with E-state index in [0.29, 0.717) is 47.0 Å². The Kier molecular flexibility index (Phi) is 6.81. The summed E-state index contributed by atoms with van der Waals surface area (Å²) >= 11 is 7.69. The molecule has 148 valence electrons. The van der Waals surface area contributed by atoms with Crippen LogP contribution in [-0.4, -0.2) is 28.5 Å². The molecule has 0 fully saturated rings. The van der Waals surface area contributed by atoms with Crippen molar-refractivity contribution in [3.05, 3.63) is 70.4 Å². The first-order valence-corrected chi connectivity index (χ1v) is 10.6. The quantitative estimate of drug-likeness (QED) is 0.439. The summed E-state index contributed by atoms with van der Waals surface area (Å²) in [5.41, 5.74) is 8.35. The number of aryl methyl sites for hydroxylation is 1. The van der Waals surface area contributed by atoms with E-state index >= 15 is 0 Å². The molecule has 0 aliphatic rings. The van der Waals surface area contributed by atoms with Crippen molar-refractivity contribution in [2.24, 2.45) is 0 Å². The van der Waals surface area contributed by atoms with Crippen LogP contribution >= 0.6 is 23.4 Å². The predicted octanol–water partition coefficient (Wildman–Crippen LogP) is 4.06. The van der Waals surface area contributed by atoms with Gasteiger partial charge in [0.2, 0.25) is 0 Å². The van der Waals surface area contributed by atoms with Crippen LogP contribution in [0.5, 0.6) is 0 Å². The van der Waals surface area contributed by atoms with Crippen molar-refractivity contribution >= 4 is 35.1 Å². The maximum Gasteiger partial charge on any atom is 0.252 e. The number of anilines is 1. The monoisotopic (exact) mass is 425 g/mol. The molecule has 6 nitrogen and oxygen atoms in total. The van der Waals surface area contributed by atoms with Crippen LogP contribution in [0.15, 0.2) is 53.4 Å². The second kappa shape index (κ2) is 9.50. The van der Waals surface area contributed by atoms with Gasteiger partial charge in [-0.2, -0.15) is 10.4 Å². The van der Waals surface area contributed by atoms with Crippen LogP contribution in [0.25, 0.3) is 5.69 Å². The highest BCUT2D eigenvalue weighted by Gasteiger charge is 2.16. The summed E-state index contributed by atoms with van der Waals surface area (Å²) in [6.07, 6.45) is 3.08. The fraction of sp³-hybridized carbons (Fsp3) is 0.190. The van der Waals surface area contributed by atoms with E-state index in [9.17, 15) is 10.1 Å². The average molecular weight is 426 g/mol. The molecule has 3 aromatic rings. The summed E-state index contributed by atoms with van der Waals surface area (Å²) in [5.74, 6) is 0.0964. The van der Waals surface area contributed by atoms with Crippen LogP contribution in [0.2, 0.25) is 5.02 Å². The summed E-state index contributed by atoms with van der Waals surface area (Å²) < 4.78 is 1.57. The van der Waals surface area contributed by atoms with Crippen molar-refractivity contribution < 1.29 is 4.79 Å². The number of rotatable bonds is 7. The zero-order valence-electron chi connectivity index (χ0n) is 15.9. The number of carbonyl (C=O) groups excluding carboxylic acids is 1. The molecule has 2 aromatic carbocycles. The van der Waals surface area contributed by atoms with Gasteiger partial charge in [0.1, 0.15) is 17.5 Å². The SMILES string of the molecule is CSc1ccc(Cl)c(C(=O)NCCCc2nn(-c3ccccc3)c(N)c2C#N)c1. The molecule has 8 heteroatoms. The maximum atomic E-state index is 12.4. The van der Waals surface area contributed by atoms with E-state index in [4.69, 9.17) is 17.3 Å². The molecule has 0 bridgehead atoms. The van der Waals surface area contributed by atoms with E-state index in [1.165, 1.54) is 0 Å². The van der Waals surface area contributed by atoms with E-state index in [0.717, 1.165) is 10.6 Å². The Morgan fingerprint density at radius 1 is 1.31 bits per heavy atom. The van der Waals surface area contributed by atoms with Gasteiger partial charge in [-0.05, 0) is 49.4 Å². The normalized spacial score (nSPS) is 10.5. The summed E-state index contributed by atoms with van der Waals surface area (Å²) in [7, 11) is 0. The summed E-state index contributed by atoms with van der Waals surface area (Å²) in [6, 6.07) is 16.9. The summed E-state index contributed by atoms with van der Waals surface area (Å²) in [5, 5.41) is 17.2. The standard InChI is InChI=1S/C21H20ClN5OS/c1-29-15-9-10-18(22)16(12-15)21(28)25-11-5-8-19-17(13-23)20(24)27(26-19)14-6-3-2-4-7-14/h2-4,6-7,9-10,12H,5,8,11,24H2,1H3,(H,25,28). The third-order valence-corrected chi connectivity index (χ3v) is 5.46. The lowest BCUT2D eigenvalue weighted by molar-refractivity contribution is 0.0953. The third kappa shape index (κ3) is 4.73. The fourth-order valence-corrected chi connectivity index (χ4v) is 3.54. The van der Waals surface area contributed by atoms with Gasteiger partial charge in [0.15, 0.2) is 0 Å². The Bertz CT molecular complexity index is 1060. The number of nitriles is 1. The molecule has 1 aromatic heterocycles. The van der Waals surface area contributed by atoms with Crippen LogP contribution in [0, 0.1) is 11.3 Å². The lowest BCUT2D eigenvalue weighted by Gasteiger charge is -2.08. The minimum Gasteiger partial charge on any atom is -0.382 e. The minimum absolute atomic E-state index is 0.222. The number of nitrogens with zero attached hydrogens (tertiary/aromatic N) is 3. The molecule has 0 saturated carbocycles. The number of thioether (sulfide) groups is 1. The van der Waals surface area contributed by atoms with E-state index < -0.39 is 0 Å². The van der Waals surface area contributed by atoms with Crippen molar-refractivity contribution in [3.8, 4) is 11.8 Å². The molecule has 3 rings (SSSR count). The molecule has 3 N–H and O–H groups in total. The van der Waals surface area contributed by atoms with Crippen LogP contribution < -0.4 is 11.1 Å². The molecule has 1 heterocycles. The smallest absolute Gasteiger partial charge is 0.252 e. The molecule has 0 atom stereocenters. The molecular weight excluding hydrogens is 406 g/mol. The number of carbonyl (C=O) groups is 1. The molecular formula is C21H20ClN5OS. The maximum absolute atomic E-state index is 12.4. The minimum atomic E-state index is -0.222. The van der Waals surface area contributed by atoms with E-state index in [1.807, 2.05) is 42.7 Å². The van der Waals surface area contributed by atoms with Crippen molar-refractivity contribution in [2.45, 2.75) is 17.7 Å². The third-order valence-electron chi connectivity index (χ3n) is 4.40. The molecule has 0 spiro atoms. The van der Waals surface area contributed by atoms with Crippen molar-refractivity contribution in [1.29, 1.82) is 5.26 Å². The highest BCUT2D eigenvalue weighted by molar-refractivity contribution is 7.98. The van der Waals surface area contributed by atoms with Crippen molar-refractivity contribution in [1.82, 2.24) is 15.1 Å². The predicted molar refractivity (Wildman–Crippen MR) is 117 cm³/mol. The Morgan fingerprint density at radius 3 is 2.76 bits per heavy atom. The number of benzene rings is 2. The van der Waals surface area contributed by atoms with Crippen molar-refractivity contribution in [2.75, 3.05) is 18.5 Å². The van der Waals surface area contributed by atoms with Gasteiger partial charge < -0.3 is 11.1 Å². The molecule has 0 saturated heterocycles. The summed E-state index contributed by atoms with van der Waals surface area (Å²) in [6.45, 7) is 0.432. The van der Waals surface area contributed by atoms with E-state index in [-0.39, 0.29) is 5.91 Å². The molecule has 0 radical (unpaired) electrons. The highest BCUT2D eigenvalue weighted by Crippen LogP contribution is 2.23. The van der Waals surface area contributed by atoms with Gasteiger partial charge in [0.25, 0.3) is 5.91 Å². The number of halogens is 1. The van der Waals surface area contributed by atoms with Crippen LogP contribution in [-0.2, 0) is 6.42 Å². The first-order valence-electron chi connectivity index (χ1n) is 8.99. The number of aromatic nitrogens is 2. The first kappa shape index (κ1) is 20.8. The van der Waals surface area contributed by atoms with Crippen LogP contribution in [0.4, 0.5) is 5.82 Å². The zero-order chi connectivity index (χ0) is 20.8. The van der Waals surface area contributed by atoms with Crippen LogP contribution in [0.3, 0.4) is 0 Å². The number of amides is 1. The number of nitrogen functional groups attached to an aromatic ring is 1. The van der Waals surface area contributed by atoms with E-state index in [1.54, 1.807) is 28.6 Å². The molecule has 0 aliphatic heterocycles. The summed E-state index contributed by atoms with van der Waals surface area (Å²) in [4.78, 5) is 13.4. The van der Waals surface area contributed by atoms with Gasteiger partial charge in [-0.15, -0.1) is 11.8 Å². The lowest BCUT2D eigenvalue weighted by Crippen LogP contribution is -2.25. The van der Waals surface area contributed by atoms with Gasteiger partial charge in [0.05, 0.1) is 22.0 Å². The second-order valence-electron chi connectivity index (χ2n) is 6.27. The number of para-hydroxylation sites is 1. The van der Waals surface area contributed by atoms with Gasteiger partial charge in [0, 0.05) is 11.4 Å². The highest BCUT2D eigenvalue weighted by atomic mass is 35.5. The largest absolute Gasteiger partial charge is 0.382 e. The molecule has 29 heavy (non-hydrogen) atoms. The van der Waals surface area contributed by atoms with Gasteiger partial charge in [-0.25, -0.2) is 4.68 Å². The fourth-order valence-electron chi connectivity index (χ4n) is 2.90. The number of nitrogens with two attached hydrogens (primary N) is 1. The zero-order valence-corrected chi connectivity index (χ0v) is 17.4. The molecule has 0 unspecified atom stereocenters. The molecule has 1 amide bonds. The van der Waals surface area contributed by atoms with Gasteiger partial charge in [-0.3, -0.25) is 4.79 Å². The van der Waals surface area contributed by atoms with Gasteiger partial charge in [-0.1, -0.05) is 29.8 Å². The van der Waals surface area contributed by atoms with Crippen LogP contribution in [0.1, 0.15) is 28.0 Å². The Hall–Kier alpha value is -2.95. The Balaban J connectivity index is 1.64. The van der Waals surface area contributed by atoms with Crippen molar-refractivity contribution in [3.63, 3.8) is 0 Å². The van der Waals surface area contributed by atoms with Gasteiger partial charge >= 0.3 is 0 Å². The Morgan fingerprint density at radius 2 is 2.07 bits per heavy atom. The Labute approximate surface area is 178 Å². The number of hydrogen-bond donors (Lipinski definition) is 2. The average Bonchev–Trinajstić information content (AvgIpc) is 3.07. The van der Waals surface area contributed by atoms with E-state index in [2.05, 4.69) is 16.5 Å². The topological polar surface area (TPSA) is 96.7 Å². The first-order chi connectivity index (χ1) is 14.0. The second-order valence-corrected chi connectivity index (χ2v) is 7.56. The number of nitrogens with one attached hydrogen (secondary N) is 1. The lowest BCUT2D eigenvalue weighted by atomic mass is 10.1. The number of hydrogen-bond acceptors (Lipinski definition) is 5.